The highest BCUT2D eigenvalue weighted by molar-refractivity contribution is 5.99. The molecule has 8 heteroatoms. The van der Waals surface area contributed by atoms with Gasteiger partial charge >= 0.3 is 0 Å². The molecule has 0 bridgehead atoms. The van der Waals surface area contributed by atoms with E-state index in [2.05, 4.69) is 15.5 Å². The highest BCUT2D eigenvalue weighted by atomic mass is 19.3. The van der Waals surface area contributed by atoms with Gasteiger partial charge in [-0.15, -0.1) is 0 Å². The van der Waals surface area contributed by atoms with Crippen molar-refractivity contribution in [1.82, 2.24) is 10.6 Å². The normalized spacial score (nSPS) is 17.8. The number of carbonyl (C=O) groups is 1. The fourth-order valence-electron chi connectivity index (χ4n) is 5.34. The third-order valence-corrected chi connectivity index (χ3v) is 7.53. The monoisotopic (exact) mass is 523 g/mol. The Kier molecular flexibility index (Phi) is 7.70. The van der Waals surface area contributed by atoms with Gasteiger partial charge in [0, 0.05) is 60.2 Å². The van der Waals surface area contributed by atoms with Crippen LogP contribution in [-0.2, 0) is 5.92 Å². The molecule has 0 aliphatic carbocycles. The van der Waals surface area contributed by atoms with Crippen LogP contribution in [0.25, 0.3) is 11.0 Å². The minimum Gasteiger partial charge on any atom is -0.490 e. The predicted molar refractivity (Wildman–Crippen MR) is 145 cm³/mol. The molecule has 3 heterocycles. The Morgan fingerprint density at radius 2 is 1.82 bits per heavy atom. The summed E-state index contributed by atoms with van der Waals surface area (Å²) in [4.78, 5) is 15.0. The van der Waals surface area contributed by atoms with E-state index in [1.807, 2.05) is 25.1 Å². The first-order chi connectivity index (χ1) is 18.3. The lowest BCUT2D eigenvalue weighted by Gasteiger charge is -2.34. The summed E-state index contributed by atoms with van der Waals surface area (Å²) in [6.07, 6.45) is 5.79. The zero-order valence-electron chi connectivity index (χ0n) is 21.9. The third-order valence-electron chi connectivity index (χ3n) is 7.53. The zero-order chi connectivity index (χ0) is 26.7. The van der Waals surface area contributed by atoms with Crippen LogP contribution in [0, 0.1) is 6.92 Å². The maximum atomic E-state index is 14.1. The van der Waals surface area contributed by atoms with Crippen molar-refractivity contribution < 1.29 is 22.7 Å². The van der Waals surface area contributed by atoms with Crippen molar-refractivity contribution in [2.75, 3.05) is 31.1 Å². The summed E-state index contributed by atoms with van der Waals surface area (Å²) >= 11 is 0. The van der Waals surface area contributed by atoms with E-state index in [-0.39, 0.29) is 23.6 Å². The second kappa shape index (κ2) is 11.2. The number of allylic oxidation sites excluding steroid dienone is 2. The molecular weight excluding hydrogens is 488 g/mol. The number of fused-ring (bicyclic) bond motifs is 1. The molecule has 38 heavy (non-hydrogen) atoms. The quantitative estimate of drug-likeness (QED) is 0.375. The molecule has 0 saturated carbocycles. The van der Waals surface area contributed by atoms with Gasteiger partial charge in [0.15, 0.2) is 5.76 Å². The molecular formula is C30H35F2N3O3. The maximum Gasteiger partial charge on any atom is 0.291 e. The van der Waals surface area contributed by atoms with Gasteiger partial charge in [0.05, 0.1) is 0 Å². The molecule has 2 aliphatic rings. The van der Waals surface area contributed by atoms with Crippen LogP contribution in [-0.4, -0.2) is 44.2 Å². The van der Waals surface area contributed by atoms with E-state index in [1.54, 1.807) is 19.1 Å². The van der Waals surface area contributed by atoms with Gasteiger partial charge < -0.3 is 24.7 Å². The van der Waals surface area contributed by atoms with Crippen LogP contribution in [0.3, 0.4) is 0 Å². The fourth-order valence-corrected chi connectivity index (χ4v) is 5.34. The van der Waals surface area contributed by atoms with Crippen LogP contribution in [0.1, 0.15) is 54.3 Å². The molecule has 2 aromatic carbocycles. The SMILES string of the molecule is CC=CC(F)(F)c1ccc(N2CCC(Oc3ccc4c(C)c(C(=O)NC5CCNCC5)oc4c3)CC2)cc1. The van der Waals surface area contributed by atoms with Gasteiger partial charge in [-0.3, -0.25) is 4.79 Å². The second-order valence-electron chi connectivity index (χ2n) is 10.2. The van der Waals surface area contributed by atoms with Crippen LogP contribution in [0.15, 0.2) is 59.0 Å². The molecule has 1 amide bonds. The van der Waals surface area contributed by atoms with E-state index in [1.165, 1.54) is 18.2 Å². The zero-order valence-corrected chi connectivity index (χ0v) is 21.9. The van der Waals surface area contributed by atoms with E-state index in [9.17, 15) is 13.6 Å². The number of piperidine rings is 2. The van der Waals surface area contributed by atoms with Gasteiger partial charge in [0.1, 0.15) is 17.4 Å². The molecule has 2 saturated heterocycles. The molecule has 0 unspecified atom stereocenters. The smallest absolute Gasteiger partial charge is 0.291 e. The minimum atomic E-state index is -2.96. The van der Waals surface area contributed by atoms with Crippen molar-refractivity contribution >= 4 is 22.6 Å². The number of hydrogen-bond acceptors (Lipinski definition) is 5. The number of nitrogens with one attached hydrogen (secondary N) is 2. The Bertz CT molecular complexity index is 1290. The lowest BCUT2D eigenvalue weighted by Crippen LogP contribution is -2.42. The Hall–Kier alpha value is -3.39. The lowest BCUT2D eigenvalue weighted by molar-refractivity contribution is 0.0520. The first kappa shape index (κ1) is 26.2. The van der Waals surface area contributed by atoms with E-state index >= 15 is 0 Å². The molecule has 0 radical (unpaired) electrons. The summed E-state index contributed by atoms with van der Waals surface area (Å²) in [5.41, 5.74) is 2.41. The summed E-state index contributed by atoms with van der Waals surface area (Å²) in [5.74, 6) is -2.05. The summed E-state index contributed by atoms with van der Waals surface area (Å²) in [6.45, 7) is 6.87. The van der Waals surface area contributed by atoms with Crippen LogP contribution in [0.4, 0.5) is 14.5 Å². The van der Waals surface area contributed by atoms with Gasteiger partial charge in [-0.2, -0.15) is 8.78 Å². The number of nitrogens with zero attached hydrogens (tertiary/aromatic N) is 1. The topological polar surface area (TPSA) is 66.7 Å². The average molecular weight is 524 g/mol. The fraction of sp³-hybridized carbons (Fsp3) is 0.433. The first-order valence-corrected chi connectivity index (χ1v) is 13.4. The van der Waals surface area contributed by atoms with Crippen molar-refractivity contribution in [2.24, 2.45) is 0 Å². The molecule has 2 fully saturated rings. The van der Waals surface area contributed by atoms with Crippen molar-refractivity contribution in [3.63, 3.8) is 0 Å². The van der Waals surface area contributed by atoms with Gasteiger partial charge in [-0.1, -0.05) is 18.2 Å². The lowest BCUT2D eigenvalue weighted by atomic mass is 10.0. The standard InChI is InChI=1S/C30H35F2N3O3/c1-3-14-30(31,32)21-4-6-23(7-5-21)35-17-12-24(13-18-35)37-25-8-9-26-20(2)28(38-27(26)19-25)29(36)34-22-10-15-33-16-11-22/h3-9,14,19,22,24,33H,10-13,15-18H2,1-2H3,(H,34,36). The van der Waals surface area contributed by atoms with E-state index < -0.39 is 5.92 Å². The van der Waals surface area contributed by atoms with Crippen LogP contribution in [0.5, 0.6) is 5.75 Å². The van der Waals surface area contributed by atoms with Gasteiger partial charge in [-0.25, -0.2) is 0 Å². The van der Waals surface area contributed by atoms with E-state index in [4.69, 9.17) is 9.15 Å². The van der Waals surface area contributed by atoms with Crippen molar-refractivity contribution in [1.29, 1.82) is 0 Å². The summed E-state index contributed by atoms with van der Waals surface area (Å²) < 4.78 is 40.4. The van der Waals surface area contributed by atoms with Crippen molar-refractivity contribution in [2.45, 2.75) is 57.6 Å². The largest absolute Gasteiger partial charge is 0.490 e. The van der Waals surface area contributed by atoms with Crippen LogP contribution >= 0.6 is 0 Å². The highest BCUT2D eigenvalue weighted by Crippen LogP contribution is 2.33. The molecule has 5 rings (SSSR count). The number of ether oxygens (including phenoxy) is 1. The number of hydrogen-bond donors (Lipinski definition) is 2. The number of halogens is 2. The Morgan fingerprint density at radius 3 is 2.50 bits per heavy atom. The number of benzene rings is 2. The Labute approximate surface area is 222 Å². The third kappa shape index (κ3) is 5.70. The molecule has 0 spiro atoms. The number of amides is 1. The summed E-state index contributed by atoms with van der Waals surface area (Å²) in [5, 5.41) is 7.31. The number of anilines is 1. The Balaban J connectivity index is 1.19. The Morgan fingerprint density at radius 1 is 1.11 bits per heavy atom. The van der Waals surface area contributed by atoms with Gasteiger partial charge in [0.25, 0.3) is 11.8 Å². The molecule has 3 aromatic rings. The first-order valence-electron chi connectivity index (χ1n) is 13.4. The molecule has 1 aromatic heterocycles. The van der Waals surface area contributed by atoms with Crippen molar-refractivity contribution in [3.8, 4) is 5.75 Å². The van der Waals surface area contributed by atoms with Crippen LogP contribution < -0.4 is 20.3 Å². The second-order valence-corrected chi connectivity index (χ2v) is 10.2. The maximum absolute atomic E-state index is 14.1. The molecule has 6 nitrogen and oxygen atoms in total. The number of furan rings is 1. The van der Waals surface area contributed by atoms with Gasteiger partial charge in [-0.05, 0) is 70.1 Å². The van der Waals surface area contributed by atoms with Gasteiger partial charge in [0.2, 0.25) is 0 Å². The molecule has 2 aliphatic heterocycles. The highest BCUT2D eigenvalue weighted by Gasteiger charge is 2.28. The summed E-state index contributed by atoms with van der Waals surface area (Å²) in [7, 11) is 0. The van der Waals surface area contributed by atoms with Crippen LogP contribution in [0.2, 0.25) is 0 Å². The number of aryl methyl sites for hydroxylation is 1. The molecule has 202 valence electrons. The number of rotatable bonds is 7. The molecule has 0 atom stereocenters. The number of alkyl halides is 2. The minimum absolute atomic E-state index is 0.00644. The molecule has 2 N–H and O–H groups in total. The average Bonchev–Trinajstić information content (AvgIpc) is 3.25. The predicted octanol–water partition coefficient (Wildman–Crippen LogP) is 5.94. The number of carbonyl (C=O) groups excluding carboxylic acids is 1. The summed E-state index contributed by atoms with van der Waals surface area (Å²) in [6, 6.07) is 12.4. The van der Waals surface area contributed by atoms with E-state index in [0.717, 1.165) is 74.6 Å². The van der Waals surface area contributed by atoms with E-state index in [0.29, 0.717) is 17.1 Å². The van der Waals surface area contributed by atoms with Crippen molar-refractivity contribution in [3.05, 3.63) is 71.5 Å².